The standard InChI is InChI=1S/C42H46N2O5/c43-28-34-8-12-36(13-9-34)38-16-20-40(21-17-38)48-26-6-2-1-4-24-45-30-42(32-47-33-42)31-46-25-5-3-7-27-49-41-22-18-39(19-23-41)37-14-10-35(29-44)11-15-37/h8-23H,1-7,24-27,30-33H2. The molecule has 7 nitrogen and oxygen atoms in total. The third-order valence-corrected chi connectivity index (χ3v) is 8.69. The van der Waals surface area contributed by atoms with Crippen LogP contribution in [-0.2, 0) is 14.2 Å². The second kappa shape index (κ2) is 19.4. The first kappa shape index (κ1) is 35.6. The van der Waals surface area contributed by atoms with E-state index in [0.717, 1.165) is 91.9 Å². The van der Waals surface area contributed by atoms with Crippen LogP contribution in [0, 0.1) is 28.1 Å². The summed E-state index contributed by atoms with van der Waals surface area (Å²) < 4.78 is 29.4. The third kappa shape index (κ3) is 11.5. The van der Waals surface area contributed by atoms with Crippen molar-refractivity contribution in [1.29, 1.82) is 10.5 Å². The van der Waals surface area contributed by atoms with Crippen LogP contribution >= 0.6 is 0 Å². The van der Waals surface area contributed by atoms with E-state index in [-0.39, 0.29) is 5.41 Å². The smallest absolute Gasteiger partial charge is 0.119 e. The first-order valence-corrected chi connectivity index (χ1v) is 17.4. The van der Waals surface area contributed by atoms with Gasteiger partial charge in [0, 0.05) is 13.2 Å². The number of rotatable bonds is 21. The van der Waals surface area contributed by atoms with E-state index in [2.05, 4.69) is 36.4 Å². The lowest BCUT2D eigenvalue weighted by atomic mass is 9.88. The summed E-state index contributed by atoms with van der Waals surface area (Å²) in [5, 5.41) is 17.9. The summed E-state index contributed by atoms with van der Waals surface area (Å²) in [4.78, 5) is 0. The number of hydrogen-bond acceptors (Lipinski definition) is 7. The normalized spacial score (nSPS) is 13.2. The number of benzene rings is 4. The molecule has 5 rings (SSSR count). The highest BCUT2D eigenvalue weighted by molar-refractivity contribution is 5.65. The molecule has 0 amide bonds. The summed E-state index contributed by atoms with van der Waals surface area (Å²) in [6, 6.07) is 35.7. The summed E-state index contributed by atoms with van der Waals surface area (Å²) >= 11 is 0. The lowest BCUT2D eigenvalue weighted by Gasteiger charge is -2.40. The molecule has 0 bridgehead atoms. The van der Waals surface area contributed by atoms with Crippen molar-refractivity contribution >= 4 is 0 Å². The van der Waals surface area contributed by atoms with Gasteiger partial charge in [0.2, 0.25) is 0 Å². The molecule has 1 aliphatic rings. The first-order chi connectivity index (χ1) is 24.2. The van der Waals surface area contributed by atoms with Crippen molar-refractivity contribution in [1.82, 2.24) is 0 Å². The molecule has 4 aromatic rings. The summed E-state index contributed by atoms with van der Waals surface area (Å²) in [6.45, 7) is 5.67. The Bertz CT molecular complexity index is 1620. The van der Waals surface area contributed by atoms with Gasteiger partial charge in [0.05, 0.1) is 68.3 Å². The molecule has 1 saturated heterocycles. The maximum atomic E-state index is 8.97. The fourth-order valence-corrected chi connectivity index (χ4v) is 5.66. The molecule has 0 aliphatic carbocycles. The zero-order valence-electron chi connectivity index (χ0n) is 28.3. The van der Waals surface area contributed by atoms with Crippen LogP contribution in [0.15, 0.2) is 97.1 Å². The van der Waals surface area contributed by atoms with Crippen molar-refractivity contribution in [2.75, 3.05) is 52.9 Å². The highest BCUT2D eigenvalue weighted by Crippen LogP contribution is 2.29. The van der Waals surface area contributed by atoms with Crippen LogP contribution in [0.4, 0.5) is 0 Å². The predicted molar refractivity (Wildman–Crippen MR) is 191 cm³/mol. The van der Waals surface area contributed by atoms with Crippen LogP contribution in [0.3, 0.4) is 0 Å². The fourth-order valence-electron chi connectivity index (χ4n) is 5.66. The van der Waals surface area contributed by atoms with Gasteiger partial charge >= 0.3 is 0 Å². The quantitative estimate of drug-likeness (QED) is 0.0825. The molecular weight excluding hydrogens is 612 g/mol. The Hall–Kier alpha value is -4.66. The van der Waals surface area contributed by atoms with Crippen molar-refractivity contribution in [3.05, 3.63) is 108 Å². The third-order valence-electron chi connectivity index (χ3n) is 8.69. The van der Waals surface area contributed by atoms with E-state index < -0.39 is 0 Å². The molecule has 0 atom stereocenters. The Morgan fingerprint density at radius 1 is 0.469 bits per heavy atom. The number of nitrogens with zero attached hydrogens (tertiary/aromatic N) is 2. The van der Waals surface area contributed by atoms with Gasteiger partial charge in [-0.2, -0.15) is 10.5 Å². The van der Waals surface area contributed by atoms with E-state index in [1.165, 1.54) is 0 Å². The molecule has 7 heteroatoms. The summed E-state index contributed by atoms with van der Waals surface area (Å²) in [5.41, 5.74) is 5.72. The monoisotopic (exact) mass is 658 g/mol. The van der Waals surface area contributed by atoms with E-state index >= 15 is 0 Å². The van der Waals surface area contributed by atoms with Crippen LogP contribution in [0.1, 0.15) is 56.1 Å². The van der Waals surface area contributed by atoms with Crippen LogP contribution in [-0.4, -0.2) is 52.9 Å². The average molecular weight is 659 g/mol. The van der Waals surface area contributed by atoms with Gasteiger partial charge in [-0.3, -0.25) is 0 Å². The molecule has 254 valence electrons. The van der Waals surface area contributed by atoms with Crippen molar-refractivity contribution < 1.29 is 23.7 Å². The van der Waals surface area contributed by atoms with Gasteiger partial charge in [-0.25, -0.2) is 0 Å². The molecule has 0 saturated carbocycles. The number of unbranched alkanes of at least 4 members (excludes halogenated alkanes) is 5. The maximum absolute atomic E-state index is 8.97. The Kier molecular flexibility index (Phi) is 14.1. The summed E-state index contributed by atoms with van der Waals surface area (Å²) in [5.74, 6) is 1.75. The highest BCUT2D eigenvalue weighted by Gasteiger charge is 2.39. The van der Waals surface area contributed by atoms with E-state index in [1.54, 1.807) is 0 Å². The molecule has 0 unspecified atom stereocenters. The molecule has 1 fully saturated rings. The van der Waals surface area contributed by atoms with Gasteiger partial charge in [0.25, 0.3) is 0 Å². The molecular formula is C42H46N2O5. The van der Waals surface area contributed by atoms with Gasteiger partial charge in [-0.15, -0.1) is 0 Å². The molecule has 4 aromatic carbocycles. The fraction of sp³-hybridized carbons (Fsp3) is 0.381. The Labute approximate surface area is 291 Å². The zero-order chi connectivity index (χ0) is 34.0. The second-order valence-electron chi connectivity index (χ2n) is 12.7. The zero-order valence-corrected chi connectivity index (χ0v) is 28.3. The van der Waals surface area contributed by atoms with E-state index in [1.807, 2.05) is 72.8 Å². The molecule has 0 spiro atoms. The minimum atomic E-state index is -0.00346. The largest absolute Gasteiger partial charge is 0.494 e. The molecule has 49 heavy (non-hydrogen) atoms. The van der Waals surface area contributed by atoms with Crippen molar-refractivity contribution in [3.63, 3.8) is 0 Å². The van der Waals surface area contributed by atoms with Crippen LogP contribution in [0.5, 0.6) is 11.5 Å². The summed E-state index contributed by atoms with van der Waals surface area (Å²) in [7, 11) is 0. The van der Waals surface area contributed by atoms with E-state index in [9.17, 15) is 0 Å². The van der Waals surface area contributed by atoms with Crippen molar-refractivity contribution in [2.45, 2.75) is 44.9 Å². The number of ether oxygens (including phenoxy) is 5. The van der Waals surface area contributed by atoms with Crippen LogP contribution in [0.2, 0.25) is 0 Å². The Morgan fingerprint density at radius 3 is 1.16 bits per heavy atom. The average Bonchev–Trinajstić information content (AvgIpc) is 3.14. The first-order valence-electron chi connectivity index (χ1n) is 17.4. The minimum Gasteiger partial charge on any atom is -0.494 e. The van der Waals surface area contributed by atoms with E-state index in [4.69, 9.17) is 34.2 Å². The summed E-state index contributed by atoms with van der Waals surface area (Å²) in [6.07, 6.45) is 7.34. The maximum Gasteiger partial charge on any atom is 0.119 e. The van der Waals surface area contributed by atoms with Crippen LogP contribution < -0.4 is 9.47 Å². The lowest BCUT2D eigenvalue weighted by molar-refractivity contribution is -0.178. The highest BCUT2D eigenvalue weighted by atomic mass is 16.5. The Morgan fingerprint density at radius 2 is 0.816 bits per heavy atom. The number of nitriles is 2. The second-order valence-corrected chi connectivity index (χ2v) is 12.7. The van der Waals surface area contributed by atoms with Gasteiger partial charge in [-0.05, 0) is 109 Å². The molecule has 0 radical (unpaired) electrons. The SMILES string of the molecule is N#Cc1ccc(-c2ccc(OCCCCCCOCC3(COCCCCCOc4ccc(-c5ccc(C#N)cc5)cc4)COC3)cc2)cc1. The Balaban J connectivity index is 0.839. The molecule has 1 aliphatic heterocycles. The van der Waals surface area contributed by atoms with Crippen molar-refractivity contribution in [3.8, 4) is 45.9 Å². The lowest BCUT2D eigenvalue weighted by Crippen LogP contribution is -2.49. The molecule has 1 heterocycles. The van der Waals surface area contributed by atoms with Gasteiger partial charge < -0.3 is 23.7 Å². The van der Waals surface area contributed by atoms with Gasteiger partial charge in [-0.1, -0.05) is 55.0 Å². The van der Waals surface area contributed by atoms with Crippen LogP contribution in [0.25, 0.3) is 22.3 Å². The molecule has 0 N–H and O–H groups in total. The number of hydrogen-bond donors (Lipinski definition) is 0. The van der Waals surface area contributed by atoms with Gasteiger partial charge in [0.15, 0.2) is 0 Å². The van der Waals surface area contributed by atoms with Crippen molar-refractivity contribution in [2.24, 2.45) is 5.41 Å². The molecule has 0 aromatic heterocycles. The topological polar surface area (TPSA) is 93.7 Å². The predicted octanol–water partition coefficient (Wildman–Crippen LogP) is 9.00. The minimum absolute atomic E-state index is 0.00346. The van der Waals surface area contributed by atoms with Gasteiger partial charge in [0.1, 0.15) is 11.5 Å². The van der Waals surface area contributed by atoms with E-state index in [0.29, 0.717) is 50.8 Å².